The fraction of sp³-hybridized carbons (Fsp3) is 0.462. The van der Waals surface area contributed by atoms with Crippen molar-refractivity contribution in [2.75, 3.05) is 5.75 Å². The monoisotopic (exact) mass is 220 g/mol. The highest BCUT2D eigenvalue weighted by Gasteiger charge is 2.09. The molecule has 1 aliphatic rings. The fourth-order valence-corrected chi connectivity index (χ4v) is 2.91. The molecule has 0 unspecified atom stereocenters. The van der Waals surface area contributed by atoms with Gasteiger partial charge in [0.05, 0.1) is 0 Å². The van der Waals surface area contributed by atoms with Crippen LogP contribution in [0, 0.1) is 0 Å². The first-order valence-electron chi connectivity index (χ1n) is 5.50. The maximum atomic E-state index is 10.9. The van der Waals surface area contributed by atoms with Gasteiger partial charge in [-0.3, -0.25) is 0 Å². The van der Waals surface area contributed by atoms with Crippen LogP contribution in [0.5, 0.6) is 0 Å². The van der Waals surface area contributed by atoms with E-state index in [0.29, 0.717) is 6.42 Å². The van der Waals surface area contributed by atoms with Crippen LogP contribution in [0.2, 0.25) is 0 Å². The van der Waals surface area contributed by atoms with E-state index in [1.165, 1.54) is 34.6 Å². The Kier molecular flexibility index (Phi) is 3.47. The smallest absolute Gasteiger partial charge is 0.130 e. The molecular formula is C13H16OS. The molecule has 80 valence electrons. The van der Waals surface area contributed by atoms with Crippen molar-refractivity contribution in [3.63, 3.8) is 0 Å². The fourth-order valence-electron chi connectivity index (χ4n) is 1.89. The van der Waals surface area contributed by atoms with Crippen molar-refractivity contribution < 1.29 is 4.79 Å². The average Bonchev–Trinajstić information content (AvgIpc) is 2.26. The van der Waals surface area contributed by atoms with Crippen LogP contribution in [0.15, 0.2) is 23.1 Å². The molecule has 0 radical (unpaired) electrons. The molecule has 1 nitrogen and oxygen atoms in total. The summed E-state index contributed by atoms with van der Waals surface area (Å²) in [6.45, 7) is 1.66. The summed E-state index contributed by atoms with van der Waals surface area (Å²) in [6.07, 6.45) is 4.06. The summed E-state index contributed by atoms with van der Waals surface area (Å²) < 4.78 is 0. The molecule has 2 rings (SSSR count). The number of ketones is 1. The predicted molar refractivity (Wildman–Crippen MR) is 64.5 cm³/mol. The minimum absolute atomic E-state index is 0.280. The number of aryl methyl sites for hydroxylation is 2. The second kappa shape index (κ2) is 4.84. The van der Waals surface area contributed by atoms with Gasteiger partial charge >= 0.3 is 0 Å². The van der Waals surface area contributed by atoms with Crippen LogP contribution in [0.3, 0.4) is 0 Å². The zero-order chi connectivity index (χ0) is 10.7. The predicted octanol–water partition coefficient (Wildman–Crippen LogP) is 3.25. The van der Waals surface area contributed by atoms with Gasteiger partial charge in [-0.05, 0) is 49.1 Å². The molecule has 2 heteroatoms. The third-order valence-electron chi connectivity index (χ3n) is 2.74. The molecule has 0 amide bonds. The van der Waals surface area contributed by atoms with Gasteiger partial charge in [-0.15, -0.1) is 11.8 Å². The van der Waals surface area contributed by atoms with Crippen LogP contribution < -0.4 is 0 Å². The molecule has 0 saturated carbocycles. The standard InChI is InChI=1S/C13H16OS/c1-10(14)4-5-11-6-7-13-12(9-11)3-2-8-15-13/h6-7,9H,2-5,8H2,1H3. The van der Waals surface area contributed by atoms with E-state index in [-0.39, 0.29) is 5.78 Å². The lowest BCUT2D eigenvalue weighted by molar-refractivity contribution is -0.116. The normalized spacial score (nSPS) is 14.7. The molecule has 0 aromatic heterocycles. The van der Waals surface area contributed by atoms with Gasteiger partial charge in [-0.25, -0.2) is 0 Å². The number of hydrogen-bond donors (Lipinski definition) is 0. The number of benzene rings is 1. The van der Waals surface area contributed by atoms with Gasteiger partial charge in [0.15, 0.2) is 0 Å². The molecule has 0 fully saturated rings. The Balaban J connectivity index is 2.10. The van der Waals surface area contributed by atoms with Gasteiger partial charge < -0.3 is 4.79 Å². The van der Waals surface area contributed by atoms with E-state index in [0.717, 1.165) is 6.42 Å². The van der Waals surface area contributed by atoms with Crippen molar-refractivity contribution >= 4 is 17.5 Å². The first-order chi connectivity index (χ1) is 7.25. The highest BCUT2D eigenvalue weighted by molar-refractivity contribution is 7.99. The van der Waals surface area contributed by atoms with E-state index in [9.17, 15) is 4.79 Å². The Morgan fingerprint density at radius 2 is 2.33 bits per heavy atom. The van der Waals surface area contributed by atoms with E-state index in [2.05, 4.69) is 18.2 Å². The van der Waals surface area contributed by atoms with Crippen LogP contribution in [0.1, 0.15) is 30.9 Å². The molecule has 0 atom stereocenters. The summed E-state index contributed by atoms with van der Waals surface area (Å²) in [5.41, 5.74) is 2.79. The van der Waals surface area contributed by atoms with E-state index >= 15 is 0 Å². The van der Waals surface area contributed by atoms with Crippen molar-refractivity contribution in [2.45, 2.75) is 37.5 Å². The molecule has 0 aliphatic carbocycles. The number of fused-ring (bicyclic) bond motifs is 1. The molecule has 0 spiro atoms. The number of hydrogen-bond acceptors (Lipinski definition) is 2. The SMILES string of the molecule is CC(=O)CCc1ccc2c(c1)CCCS2. The minimum Gasteiger partial charge on any atom is -0.300 e. The maximum absolute atomic E-state index is 10.9. The second-order valence-corrected chi connectivity index (χ2v) is 5.23. The third kappa shape index (κ3) is 2.85. The van der Waals surface area contributed by atoms with E-state index in [1.54, 1.807) is 6.92 Å². The lowest BCUT2D eigenvalue weighted by Gasteiger charge is -2.15. The quantitative estimate of drug-likeness (QED) is 0.778. The zero-order valence-corrected chi connectivity index (χ0v) is 9.90. The number of Topliss-reactive ketones (excluding diaryl/α,β-unsaturated/α-hetero) is 1. The Morgan fingerprint density at radius 3 is 3.13 bits per heavy atom. The summed E-state index contributed by atoms with van der Waals surface area (Å²) in [6, 6.07) is 6.67. The van der Waals surface area contributed by atoms with Crippen LogP contribution in [-0.4, -0.2) is 11.5 Å². The Morgan fingerprint density at radius 1 is 1.47 bits per heavy atom. The van der Waals surface area contributed by atoms with Crippen molar-refractivity contribution in [2.24, 2.45) is 0 Å². The van der Waals surface area contributed by atoms with E-state index in [4.69, 9.17) is 0 Å². The summed E-state index contributed by atoms with van der Waals surface area (Å²) in [5.74, 6) is 1.53. The first kappa shape index (κ1) is 10.7. The second-order valence-electron chi connectivity index (χ2n) is 4.10. The van der Waals surface area contributed by atoms with E-state index < -0.39 is 0 Å². The van der Waals surface area contributed by atoms with Crippen LogP contribution in [0.25, 0.3) is 0 Å². The third-order valence-corrected chi connectivity index (χ3v) is 3.94. The van der Waals surface area contributed by atoms with E-state index in [1.807, 2.05) is 11.8 Å². The van der Waals surface area contributed by atoms with Gasteiger partial charge in [-0.2, -0.15) is 0 Å². The van der Waals surface area contributed by atoms with Crippen LogP contribution >= 0.6 is 11.8 Å². The lowest BCUT2D eigenvalue weighted by Crippen LogP contribution is -2.00. The molecule has 15 heavy (non-hydrogen) atoms. The van der Waals surface area contributed by atoms with Crippen molar-refractivity contribution in [1.82, 2.24) is 0 Å². The van der Waals surface area contributed by atoms with Crippen LogP contribution in [0.4, 0.5) is 0 Å². The summed E-state index contributed by atoms with van der Waals surface area (Å²) in [5, 5.41) is 0. The van der Waals surface area contributed by atoms with Gasteiger partial charge in [-0.1, -0.05) is 12.1 Å². The minimum atomic E-state index is 0.280. The molecule has 0 N–H and O–H groups in total. The molecule has 0 saturated heterocycles. The molecular weight excluding hydrogens is 204 g/mol. The Hall–Kier alpha value is -0.760. The average molecular weight is 220 g/mol. The molecule has 1 aromatic rings. The molecule has 1 aliphatic heterocycles. The van der Waals surface area contributed by atoms with Gasteiger partial charge in [0.2, 0.25) is 0 Å². The first-order valence-corrected chi connectivity index (χ1v) is 6.48. The molecule has 1 aromatic carbocycles. The highest BCUT2D eigenvalue weighted by atomic mass is 32.2. The van der Waals surface area contributed by atoms with Crippen molar-refractivity contribution in [3.8, 4) is 0 Å². The highest BCUT2D eigenvalue weighted by Crippen LogP contribution is 2.30. The summed E-state index contributed by atoms with van der Waals surface area (Å²) in [4.78, 5) is 12.3. The largest absolute Gasteiger partial charge is 0.300 e. The topological polar surface area (TPSA) is 17.1 Å². The molecule has 0 bridgehead atoms. The number of rotatable bonds is 3. The van der Waals surface area contributed by atoms with Crippen molar-refractivity contribution in [3.05, 3.63) is 29.3 Å². The zero-order valence-electron chi connectivity index (χ0n) is 9.08. The summed E-state index contributed by atoms with van der Waals surface area (Å²) >= 11 is 1.95. The lowest BCUT2D eigenvalue weighted by atomic mass is 10.0. The maximum Gasteiger partial charge on any atom is 0.130 e. The Labute approximate surface area is 95.3 Å². The van der Waals surface area contributed by atoms with Crippen molar-refractivity contribution in [1.29, 1.82) is 0 Å². The van der Waals surface area contributed by atoms with Gasteiger partial charge in [0.25, 0.3) is 0 Å². The Bertz CT molecular complexity index is 371. The number of carbonyl (C=O) groups is 1. The number of thioether (sulfide) groups is 1. The molecule has 1 heterocycles. The van der Waals surface area contributed by atoms with Gasteiger partial charge in [0.1, 0.15) is 5.78 Å². The number of carbonyl (C=O) groups excluding carboxylic acids is 1. The van der Waals surface area contributed by atoms with Gasteiger partial charge in [0, 0.05) is 11.3 Å². The van der Waals surface area contributed by atoms with Crippen LogP contribution in [-0.2, 0) is 17.6 Å². The summed E-state index contributed by atoms with van der Waals surface area (Å²) in [7, 11) is 0.